The van der Waals surface area contributed by atoms with Crippen LogP contribution in [0.15, 0.2) is 29.2 Å². The molecule has 0 atom stereocenters. The van der Waals surface area contributed by atoms with Crippen molar-refractivity contribution in [1.29, 1.82) is 0 Å². The molecule has 1 saturated heterocycles. The first-order chi connectivity index (χ1) is 10.9. The first-order valence-electron chi connectivity index (χ1n) is 7.51. The molecular weight excluding hydrogens is 358 g/mol. The molecule has 2 N–H and O–H groups in total. The number of piperidine rings is 1. The van der Waals surface area contributed by atoms with Crippen molar-refractivity contribution in [2.75, 3.05) is 26.2 Å². The van der Waals surface area contributed by atoms with E-state index < -0.39 is 14.9 Å². The molecule has 24 heavy (non-hydrogen) atoms. The largest absolute Gasteiger partial charge is 0.378 e. The smallest absolute Gasteiger partial charge is 0.270 e. The Morgan fingerprint density at radius 1 is 1.33 bits per heavy atom. The molecule has 1 aliphatic rings. The normalized spacial score (nSPS) is 16.5. The number of nitrogens with zero attached hydrogens (tertiary/aromatic N) is 2. The van der Waals surface area contributed by atoms with E-state index in [1.165, 1.54) is 22.5 Å². The number of nitro benzene ring substituents is 1. The summed E-state index contributed by atoms with van der Waals surface area (Å²) in [6.45, 7) is 1.84. The van der Waals surface area contributed by atoms with Gasteiger partial charge in [0.05, 0.1) is 15.9 Å². The van der Waals surface area contributed by atoms with Crippen LogP contribution in [-0.2, 0) is 14.8 Å². The van der Waals surface area contributed by atoms with Gasteiger partial charge < -0.3 is 10.5 Å². The number of nitrogens with two attached hydrogens (primary N) is 1. The Morgan fingerprint density at radius 2 is 2.00 bits per heavy atom. The summed E-state index contributed by atoms with van der Waals surface area (Å²) in [6.07, 6.45) is 2.04. The van der Waals surface area contributed by atoms with E-state index in [9.17, 15) is 18.5 Å². The minimum atomic E-state index is -3.71. The van der Waals surface area contributed by atoms with Crippen LogP contribution in [0.25, 0.3) is 0 Å². The van der Waals surface area contributed by atoms with Crippen LogP contribution < -0.4 is 5.73 Å². The zero-order valence-corrected chi connectivity index (χ0v) is 14.8. The monoisotopic (exact) mass is 379 g/mol. The van der Waals surface area contributed by atoms with Crippen molar-refractivity contribution in [3.05, 3.63) is 34.4 Å². The Bertz CT molecular complexity index is 648. The summed E-state index contributed by atoms with van der Waals surface area (Å²) in [6, 6.07) is 5.13. The van der Waals surface area contributed by atoms with Gasteiger partial charge in [0, 0.05) is 31.8 Å². The fourth-order valence-electron chi connectivity index (χ4n) is 2.48. The quantitative estimate of drug-likeness (QED) is 0.436. The van der Waals surface area contributed by atoms with Crippen LogP contribution in [0.4, 0.5) is 5.69 Å². The average molecular weight is 380 g/mol. The topological polar surface area (TPSA) is 116 Å². The van der Waals surface area contributed by atoms with Gasteiger partial charge in [-0.2, -0.15) is 4.31 Å². The molecule has 1 fully saturated rings. The third-order valence-corrected chi connectivity index (χ3v) is 5.66. The summed E-state index contributed by atoms with van der Waals surface area (Å²) in [5.74, 6) is 0. The second kappa shape index (κ2) is 9.28. The molecule has 1 aliphatic heterocycles. The maximum absolute atomic E-state index is 12.6. The lowest BCUT2D eigenvalue weighted by molar-refractivity contribution is -0.385. The molecule has 1 aromatic carbocycles. The van der Waals surface area contributed by atoms with E-state index in [0.717, 1.165) is 12.5 Å². The Labute approximate surface area is 147 Å². The van der Waals surface area contributed by atoms with E-state index in [1.54, 1.807) is 0 Å². The first-order valence-corrected chi connectivity index (χ1v) is 8.95. The number of nitro groups is 1. The fraction of sp³-hybridized carbons (Fsp3) is 0.571. The number of benzene rings is 1. The van der Waals surface area contributed by atoms with Crippen LogP contribution in [0.2, 0.25) is 0 Å². The van der Waals surface area contributed by atoms with Gasteiger partial charge in [-0.05, 0) is 31.9 Å². The predicted octanol–water partition coefficient (Wildman–Crippen LogP) is 1.54. The summed E-state index contributed by atoms with van der Waals surface area (Å²) in [5, 5.41) is 10.8. The SMILES string of the molecule is Cl.NCCCOC1CCN(S(=O)(=O)c2cccc([N+](=O)[O-])c2)CC1. The van der Waals surface area contributed by atoms with Gasteiger partial charge in [0.15, 0.2) is 0 Å². The molecule has 1 heterocycles. The van der Waals surface area contributed by atoms with Gasteiger partial charge in [-0.25, -0.2) is 8.42 Å². The van der Waals surface area contributed by atoms with Crippen molar-refractivity contribution in [2.45, 2.75) is 30.3 Å². The highest BCUT2D eigenvalue weighted by Gasteiger charge is 2.30. The molecule has 1 aromatic rings. The molecule has 0 spiro atoms. The fourth-order valence-corrected chi connectivity index (χ4v) is 3.99. The molecule has 136 valence electrons. The maximum Gasteiger partial charge on any atom is 0.270 e. The summed E-state index contributed by atoms with van der Waals surface area (Å²) >= 11 is 0. The van der Waals surface area contributed by atoms with Gasteiger partial charge in [-0.3, -0.25) is 10.1 Å². The lowest BCUT2D eigenvalue weighted by Gasteiger charge is -2.31. The number of ether oxygens (including phenoxy) is 1. The van der Waals surface area contributed by atoms with E-state index >= 15 is 0 Å². The molecule has 8 nitrogen and oxygen atoms in total. The number of rotatable bonds is 7. The van der Waals surface area contributed by atoms with Gasteiger partial charge in [0.25, 0.3) is 5.69 Å². The van der Waals surface area contributed by atoms with Gasteiger partial charge in [-0.15, -0.1) is 12.4 Å². The highest BCUT2D eigenvalue weighted by molar-refractivity contribution is 7.89. The third kappa shape index (κ3) is 5.12. The van der Waals surface area contributed by atoms with Gasteiger partial charge >= 0.3 is 0 Å². The molecular formula is C14H22ClN3O5S. The molecule has 0 saturated carbocycles. The van der Waals surface area contributed by atoms with Gasteiger partial charge in [-0.1, -0.05) is 6.07 Å². The Morgan fingerprint density at radius 3 is 2.58 bits per heavy atom. The zero-order chi connectivity index (χ0) is 16.9. The Balaban J connectivity index is 0.00000288. The maximum atomic E-state index is 12.6. The number of sulfonamides is 1. The standard InChI is InChI=1S/C14H21N3O5S.ClH/c15-7-2-10-22-13-5-8-16(9-6-13)23(20,21)14-4-1-3-12(11-14)17(18)19;/h1,3-4,11,13H,2,5-10,15H2;1H. The Kier molecular flexibility index (Phi) is 8.04. The van der Waals surface area contributed by atoms with E-state index in [4.69, 9.17) is 10.5 Å². The highest BCUT2D eigenvalue weighted by atomic mass is 35.5. The highest BCUT2D eigenvalue weighted by Crippen LogP contribution is 2.24. The van der Waals surface area contributed by atoms with E-state index in [-0.39, 0.29) is 29.1 Å². The molecule has 0 bridgehead atoms. The molecule has 2 rings (SSSR count). The molecule has 0 amide bonds. The van der Waals surface area contributed by atoms with Crippen molar-refractivity contribution in [3.63, 3.8) is 0 Å². The van der Waals surface area contributed by atoms with Crippen LogP contribution in [-0.4, -0.2) is 50.0 Å². The van der Waals surface area contributed by atoms with Crippen LogP contribution in [0.5, 0.6) is 0 Å². The van der Waals surface area contributed by atoms with E-state index in [0.29, 0.717) is 39.1 Å². The van der Waals surface area contributed by atoms with Crippen molar-refractivity contribution < 1.29 is 18.1 Å². The Hall–Kier alpha value is -1.26. The van der Waals surface area contributed by atoms with Crippen molar-refractivity contribution >= 4 is 28.1 Å². The van der Waals surface area contributed by atoms with Crippen LogP contribution in [0.1, 0.15) is 19.3 Å². The van der Waals surface area contributed by atoms with E-state index in [2.05, 4.69) is 0 Å². The minimum Gasteiger partial charge on any atom is -0.378 e. The molecule has 0 aliphatic carbocycles. The van der Waals surface area contributed by atoms with Crippen molar-refractivity contribution in [3.8, 4) is 0 Å². The van der Waals surface area contributed by atoms with Crippen molar-refractivity contribution in [2.24, 2.45) is 5.73 Å². The number of halogens is 1. The number of hydrogen-bond acceptors (Lipinski definition) is 6. The third-order valence-electron chi connectivity index (χ3n) is 3.77. The molecule has 0 radical (unpaired) electrons. The summed E-state index contributed by atoms with van der Waals surface area (Å²) in [5.41, 5.74) is 5.18. The molecule has 10 heteroatoms. The molecule has 0 aromatic heterocycles. The number of hydrogen-bond donors (Lipinski definition) is 1. The summed E-state index contributed by atoms with van der Waals surface area (Å²) in [4.78, 5) is 10.1. The van der Waals surface area contributed by atoms with E-state index in [1.807, 2.05) is 0 Å². The van der Waals surface area contributed by atoms with Gasteiger partial charge in [0.1, 0.15) is 0 Å². The lowest BCUT2D eigenvalue weighted by atomic mass is 10.1. The molecule has 0 unspecified atom stereocenters. The van der Waals surface area contributed by atoms with Crippen molar-refractivity contribution in [1.82, 2.24) is 4.31 Å². The minimum absolute atomic E-state index is 0. The van der Waals surface area contributed by atoms with Crippen LogP contribution in [0.3, 0.4) is 0 Å². The second-order valence-electron chi connectivity index (χ2n) is 5.37. The predicted molar refractivity (Wildman–Crippen MR) is 91.7 cm³/mol. The second-order valence-corrected chi connectivity index (χ2v) is 7.31. The number of non-ortho nitro benzene ring substituents is 1. The zero-order valence-electron chi connectivity index (χ0n) is 13.2. The van der Waals surface area contributed by atoms with Crippen LogP contribution in [0, 0.1) is 10.1 Å². The average Bonchev–Trinajstić information content (AvgIpc) is 2.55. The lowest BCUT2D eigenvalue weighted by Crippen LogP contribution is -2.41. The first kappa shape index (κ1) is 20.8. The summed E-state index contributed by atoms with van der Waals surface area (Å²) in [7, 11) is -3.71. The van der Waals surface area contributed by atoms with Gasteiger partial charge in [0.2, 0.25) is 10.0 Å². The van der Waals surface area contributed by atoms with Crippen LogP contribution >= 0.6 is 12.4 Å². The summed E-state index contributed by atoms with van der Waals surface area (Å²) < 4.78 is 32.2.